The molecule has 3 heteroatoms. The summed E-state index contributed by atoms with van der Waals surface area (Å²) in [7, 11) is 2.07. The zero-order valence-electron chi connectivity index (χ0n) is 11.1. The van der Waals surface area contributed by atoms with Gasteiger partial charge >= 0.3 is 0 Å². The first kappa shape index (κ1) is 12.8. The molecule has 1 N–H and O–H groups in total. The van der Waals surface area contributed by atoms with E-state index in [1.807, 2.05) is 6.07 Å². The summed E-state index contributed by atoms with van der Waals surface area (Å²) in [5.74, 6) is -0.180. The molecule has 96 valence electrons. The van der Waals surface area contributed by atoms with E-state index >= 15 is 0 Å². The number of hydrogen-bond acceptors (Lipinski definition) is 1. The van der Waals surface area contributed by atoms with Gasteiger partial charge in [-0.2, -0.15) is 0 Å². The van der Waals surface area contributed by atoms with Crippen LogP contribution in [0.5, 0.6) is 0 Å². The van der Waals surface area contributed by atoms with Gasteiger partial charge in [0.1, 0.15) is 5.82 Å². The lowest BCUT2D eigenvalue weighted by Crippen LogP contribution is -2.13. The van der Waals surface area contributed by atoms with Crippen LogP contribution in [0.1, 0.15) is 22.5 Å². The Morgan fingerprint density at radius 3 is 2.56 bits per heavy atom. The Labute approximate surface area is 107 Å². The number of aromatic nitrogens is 1. The van der Waals surface area contributed by atoms with Crippen molar-refractivity contribution in [3.63, 3.8) is 0 Å². The Bertz CT molecular complexity index is 543. The van der Waals surface area contributed by atoms with Crippen molar-refractivity contribution < 1.29 is 4.39 Å². The van der Waals surface area contributed by atoms with Crippen molar-refractivity contribution in [3.05, 3.63) is 58.7 Å². The van der Waals surface area contributed by atoms with E-state index in [1.165, 1.54) is 23.0 Å². The molecule has 1 aromatic carbocycles. The van der Waals surface area contributed by atoms with Gasteiger partial charge in [0.2, 0.25) is 0 Å². The van der Waals surface area contributed by atoms with Gasteiger partial charge in [0.15, 0.2) is 0 Å². The summed E-state index contributed by atoms with van der Waals surface area (Å²) in [6, 6.07) is 8.89. The van der Waals surface area contributed by atoms with Crippen LogP contribution in [0.25, 0.3) is 0 Å². The molecule has 0 aliphatic heterocycles. The van der Waals surface area contributed by atoms with Gasteiger partial charge in [-0.05, 0) is 43.2 Å². The van der Waals surface area contributed by atoms with E-state index in [2.05, 4.69) is 36.8 Å². The molecule has 1 aromatic heterocycles. The maximum Gasteiger partial charge on any atom is 0.123 e. The third-order valence-electron chi connectivity index (χ3n) is 3.41. The minimum absolute atomic E-state index is 0.180. The first-order chi connectivity index (χ1) is 8.58. The number of nitrogens with zero attached hydrogens (tertiary/aromatic N) is 1. The van der Waals surface area contributed by atoms with Crippen molar-refractivity contribution in [3.8, 4) is 0 Å². The van der Waals surface area contributed by atoms with E-state index in [9.17, 15) is 4.39 Å². The van der Waals surface area contributed by atoms with Gasteiger partial charge in [0, 0.05) is 31.5 Å². The number of aryl methyl sites for hydroxylation is 1. The zero-order chi connectivity index (χ0) is 13.1. The van der Waals surface area contributed by atoms with Gasteiger partial charge in [-0.15, -0.1) is 0 Å². The van der Waals surface area contributed by atoms with Crippen LogP contribution >= 0.6 is 0 Å². The summed E-state index contributed by atoms with van der Waals surface area (Å²) >= 11 is 0. The van der Waals surface area contributed by atoms with Crippen LogP contribution < -0.4 is 5.32 Å². The number of benzene rings is 1. The molecule has 0 saturated heterocycles. The second-order valence-corrected chi connectivity index (χ2v) is 4.69. The Morgan fingerprint density at radius 1 is 1.17 bits per heavy atom. The number of nitrogens with one attached hydrogen (secondary N) is 1. The fraction of sp³-hybridized carbons (Fsp3) is 0.333. The lowest BCUT2D eigenvalue weighted by Gasteiger charge is -2.06. The standard InChI is InChI=1S/C15H19FN2/c1-11-7-14(12(2)18(11)3)10-17-9-13-5-4-6-15(16)8-13/h4-8,17H,9-10H2,1-3H3. The highest BCUT2D eigenvalue weighted by molar-refractivity contribution is 5.26. The molecule has 2 nitrogen and oxygen atoms in total. The van der Waals surface area contributed by atoms with E-state index < -0.39 is 0 Å². The second-order valence-electron chi connectivity index (χ2n) is 4.69. The summed E-state index contributed by atoms with van der Waals surface area (Å²) in [5, 5.41) is 3.35. The summed E-state index contributed by atoms with van der Waals surface area (Å²) in [5.41, 5.74) is 4.81. The molecule has 18 heavy (non-hydrogen) atoms. The van der Waals surface area contributed by atoms with Crippen LogP contribution in [0.4, 0.5) is 4.39 Å². The third kappa shape index (κ3) is 2.79. The molecule has 2 aromatic rings. The first-order valence-corrected chi connectivity index (χ1v) is 6.15. The maximum absolute atomic E-state index is 13.0. The Kier molecular flexibility index (Phi) is 3.82. The van der Waals surface area contributed by atoms with Crippen molar-refractivity contribution in [1.29, 1.82) is 0 Å². The molecule has 0 bridgehead atoms. The quantitative estimate of drug-likeness (QED) is 0.877. The highest BCUT2D eigenvalue weighted by Crippen LogP contribution is 2.13. The van der Waals surface area contributed by atoms with Gasteiger partial charge in [0.05, 0.1) is 0 Å². The van der Waals surface area contributed by atoms with Crippen LogP contribution in [0, 0.1) is 19.7 Å². The van der Waals surface area contributed by atoms with Crippen LogP contribution in [0.2, 0.25) is 0 Å². The fourth-order valence-corrected chi connectivity index (χ4v) is 2.10. The van der Waals surface area contributed by atoms with E-state index in [1.54, 1.807) is 12.1 Å². The molecule has 0 unspecified atom stereocenters. The molecule has 0 saturated carbocycles. The average Bonchev–Trinajstić information content (AvgIpc) is 2.57. The van der Waals surface area contributed by atoms with Crippen LogP contribution in [0.3, 0.4) is 0 Å². The average molecular weight is 246 g/mol. The second kappa shape index (κ2) is 5.36. The Hall–Kier alpha value is -1.61. The normalized spacial score (nSPS) is 10.9. The lowest BCUT2D eigenvalue weighted by atomic mass is 10.2. The van der Waals surface area contributed by atoms with Gasteiger partial charge in [0.25, 0.3) is 0 Å². The van der Waals surface area contributed by atoms with E-state index in [0.29, 0.717) is 6.54 Å². The number of halogens is 1. The minimum atomic E-state index is -0.180. The predicted molar refractivity (Wildman–Crippen MR) is 71.8 cm³/mol. The van der Waals surface area contributed by atoms with E-state index in [0.717, 1.165) is 12.1 Å². The Morgan fingerprint density at radius 2 is 1.94 bits per heavy atom. The highest BCUT2D eigenvalue weighted by Gasteiger charge is 2.05. The lowest BCUT2D eigenvalue weighted by molar-refractivity contribution is 0.620. The smallest absolute Gasteiger partial charge is 0.123 e. The van der Waals surface area contributed by atoms with E-state index in [-0.39, 0.29) is 5.82 Å². The molecular formula is C15H19FN2. The zero-order valence-corrected chi connectivity index (χ0v) is 11.1. The topological polar surface area (TPSA) is 17.0 Å². The molecule has 0 spiro atoms. The molecule has 0 aliphatic carbocycles. The molecule has 1 heterocycles. The monoisotopic (exact) mass is 246 g/mol. The van der Waals surface area contributed by atoms with E-state index in [4.69, 9.17) is 0 Å². The molecule has 0 amide bonds. The van der Waals surface area contributed by atoms with Crippen LogP contribution in [-0.2, 0) is 20.1 Å². The summed E-state index contributed by atoms with van der Waals surface area (Å²) in [4.78, 5) is 0. The molecular weight excluding hydrogens is 227 g/mol. The van der Waals surface area contributed by atoms with Gasteiger partial charge in [-0.1, -0.05) is 12.1 Å². The van der Waals surface area contributed by atoms with Crippen LogP contribution in [-0.4, -0.2) is 4.57 Å². The van der Waals surface area contributed by atoms with Crippen molar-refractivity contribution in [2.45, 2.75) is 26.9 Å². The van der Waals surface area contributed by atoms with Crippen molar-refractivity contribution in [2.24, 2.45) is 7.05 Å². The Balaban J connectivity index is 1.94. The summed E-state index contributed by atoms with van der Waals surface area (Å²) < 4.78 is 15.2. The number of hydrogen-bond donors (Lipinski definition) is 1. The van der Waals surface area contributed by atoms with Crippen molar-refractivity contribution in [1.82, 2.24) is 9.88 Å². The molecule has 2 rings (SSSR count). The van der Waals surface area contributed by atoms with Gasteiger partial charge in [-0.3, -0.25) is 0 Å². The summed E-state index contributed by atoms with van der Waals surface area (Å²) in [6.45, 7) is 5.71. The fourth-order valence-electron chi connectivity index (χ4n) is 2.10. The first-order valence-electron chi connectivity index (χ1n) is 6.15. The SMILES string of the molecule is Cc1cc(CNCc2cccc(F)c2)c(C)n1C. The molecule has 0 radical (unpaired) electrons. The summed E-state index contributed by atoms with van der Waals surface area (Å²) in [6.07, 6.45) is 0. The minimum Gasteiger partial charge on any atom is -0.352 e. The van der Waals surface area contributed by atoms with Gasteiger partial charge < -0.3 is 9.88 Å². The number of rotatable bonds is 4. The molecule has 0 aliphatic rings. The van der Waals surface area contributed by atoms with Crippen molar-refractivity contribution in [2.75, 3.05) is 0 Å². The molecule has 0 atom stereocenters. The highest BCUT2D eigenvalue weighted by atomic mass is 19.1. The maximum atomic E-state index is 13.0. The molecule has 0 fully saturated rings. The van der Waals surface area contributed by atoms with Crippen LogP contribution in [0.15, 0.2) is 30.3 Å². The van der Waals surface area contributed by atoms with Gasteiger partial charge in [-0.25, -0.2) is 4.39 Å². The third-order valence-corrected chi connectivity index (χ3v) is 3.41. The largest absolute Gasteiger partial charge is 0.352 e. The predicted octanol–water partition coefficient (Wildman–Crippen LogP) is 3.07. The van der Waals surface area contributed by atoms with Crippen molar-refractivity contribution >= 4 is 0 Å².